The van der Waals surface area contributed by atoms with Crippen LogP contribution in [0, 0.1) is 13.8 Å². The van der Waals surface area contributed by atoms with E-state index in [1.807, 2.05) is 32.0 Å². The third kappa shape index (κ3) is 2.91. The molecule has 0 unspecified atom stereocenters. The Morgan fingerprint density at radius 2 is 2.08 bits per heavy atom. The van der Waals surface area contributed by atoms with Crippen LogP contribution in [-0.2, 0) is 5.75 Å². The maximum Gasteiger partial charge on any atom is 0.259 e. The molecule has 6 nitrogen and oxygen atoms in total. The second-order valence-corrected chi connectivity index (χ2v) is 7.86. The van der Waals surface area contributed by atoms with Gasteiger partial charge < -0.3 is 14.7 Å². The topological polar surface area (TPSA) is 83.7 Å². The molecule has 0 atom stereocenters. The fraction of sp³-hybridized carbons (Fsp3) is 0.235. The van der Waals surface area contributed by atoms with E-state index in [1.54, 1.807) is 18.4 Å². The molecule has 3 aromatic heterocycles. The number of aromatic amines is 2. The molecule has 3 heterocycles. The van der Waals surface area contributed by atoms with Crippen molar-refractivity contribution in [2.24, 2.45) is 0 Å². The van der Waals surface area contributed by atoms with Crippen LogP contribution in [0.3, 0.4) is 0 Å². The smallest absolute Gasteiger partial charge is 0.259 e. The fourth-order valence-corrected chi connectivity index (χ4v) is 4.47. The van der Waals surface area contributed by atoms with Crippen molar-refractivity contribution in [1.82, 2.24) is 19.9 Å². The van der Waals surface area contributed by atoms with Crippen LogP contribution in [0.2, 0.25) is 0 Å². The molecule has 128 valence electrons. The molecule has 2 N–H and O–H groups in total. The predicted octanol–water partition coefficient (Wildman–Crippen LogP) is 3.78. The maximum absolute atomic E-state index is 12.3. The van der Waals surface area contributed by atoms with Gasteiger partial charge in [0.25, 0.3) is 5.56 Å². The number of benzene rings is 1. The number of H-pyrrole nitrogens is 2. The number of thioether (sulfide) groups is 1. The molecule has 0 radical (unpaired) electrons. The van der Waals surface area contributed by atoms with Crippen LogP contribution in [0.25, 0.3) is 21.3 Å². The SMILES string of the molecule is COc1ccc2nc(SCc3nc4sc(C)c(C)c4c(=O)[nH]3)[nH]c2c1. The highest BCUT2D eigenvalue weighted by atomic mass is 32.2. The molecule has 0 aliphatic rings. The Morgan fingerprint density at radius 1 is 1.24 bits per heavy atom. The van der Waals surface area contributed by atoms with Gasteiger partial charge in [0, 0.05) is 10.9 Å². The fourth-order valence-electron chi connectivity index (χ4n) is 2.66. The van der Waals surface area contributed by atoms with Gasteiger partial charge in [-0.1, -0.05) is 11.8 Å². The molecule has 0 fully saturated rings. The average Bonchev–Trinajstić information content (AvgIpc) is 3.13. The summed E-state index contributed by atoms with van der Waals surface area (Å²) >= 11 is 3.06. The lowest BCUT2D eigenvalue weighted by Crippen LogP contribution is -2.10. The van der Waals surface area contributed by atoms with Gasteiger partial charge >= 0.3 is 0 Å². The quantitative estimate of drug-likeness (QED) is 0.533. The molecule has 4 aromatic rings. The first-order chi connectivity index (χ1) is 12.0. The van der Waals surface area contributed by atoms with Crippen molar-refractivity contribution >= 4 is 44.3 Å². The maximum atomic E-state index is 12.3. The van der Waals surface area contributed by atoms with Crippen molar-refractivity contribution in [1.29, 1.82) is 0 Å². The highest BCUT2D eigenvalue weighted by Crippen LogP contribution is 2.28. The Kier molecular flexibility index (Phi) is 4.01. The molecule has 0 saturated heterocycles. The third-order valence-electron chi connectivity index (χ3n) is 4.10. The van der Waals surface area contributed by atoms with Crippen LogP contribution < -0.4 is 10.3 Å². The molecule has 0 aliphatic heterocycles. The minimum absolute atomic E-state index is 0.0724. The van der Waals surface area contributed by atoms with Crippen molar-refractivity contribution in [3.05, 3.63) is 44.8 Å². The Bertz CT molecular complexity index is 1140. The van der Waals surface area contributed by atoms with E-state index in [-0.39, 0.29) is 5.56 Å². The van der Waals surface area contributed by atoms with E-state index in [0.29, 0.717) is 17.0 Å². The van der Waals surface area contributed by atoms with Crippen molar-refractivity contribution in [3.63, 3.8) is 0 Å². The van der Waals surface area contributed by atoms with E-state index in [1.165, 1.54) is 11.8 Å². The number of methoxy groups -OCH3 is 1. The zero-order valence-electron chi connectivity index (χ0n) is 14.0. The second kappa shape index (κ2) is 6.20. The summed E-state index contributed by atoms with van der Waals surface area (Å²) in [6, 6.07) is 5.71. The van der Waals surface area contributed by atoms with Crippen molar-refractivity contribution in [2.75, 3.05) is 7.11 Å². The third-order valence-corrected chi connectivity index (χ3v) is 6.09. The summed E-state index contributed by atoms with van der Waals surface area (Å²) in [6.07, 6.45) is 0. The Morgan fingerprint density at radius 3 is 2.88 bits per heavy atom. The molecule has 0 saturated carbocycles. The monoisotopic (exact) mass is 372 g/mol. The van der Waals surface area contributed by atoms with Gasteiger partial charge in [-0.25, -0.2) is 9.97 Å². The van der Waals surface area contributed by atoms with Crippen LogP contribution in [0.15, 0.2) is 28.2 Å². The highest BCUT2D eigenvalue weighted by Gasteiger charge is 2.12. The van der Waals surface area contributed by atoms with E-state index < -0.39 is 0 Å². The molecule has 0 bridgehead atoms. The summed E-state index contributed by atoms with van der Waals surface area (Å²) in [7, 11) is 1.64. The number of aryl methyl sites for hydroxylation is 2. The number of rotatable bonds is 4. The first kappa shape index (κ1) is 16.2. The number of ether oxygens (including phenoxy) is 1. The van der Waals surface area contributed by atoms with Gasteiger partial charge in [0.15, 0.2) is 5.16 Å². The molecule has 25 heavy (non-hydrogen) atoms. The van der Waals surface area contributed by atoms with Crippen molar-refractivity contribution in [3.8, 4) is 5.75 Å². The van der Waals surface area contributed by atoms with E-state index >= 15 is 0 Å². The van der Waals surface area contributed by atoms with Crippen LogP contribution >= 0.6 is 23.1 Å². The van der Waals surface area contributed by atoms with Gasteiger partial charge in [-0.05, 0) is 31.5 Å². The summed E-state index contributed by atoms with van der Waals surface area (Å²) in [4.78, 5) is 29.5. The van der Waals surface area contributed by atoms with Gasteiger partial charge in [-0.2, -0.15) is 0 Å². The number of hydrogen-bond donors (Lipinski definition) is 2. The van der Waals surface area contributed by atoms with Crippen molar-refractivity contribution in [2.45, 2.75) is 24.8 Å². The lowest BCUT2D eigenvalue weighted by Gasteiger charge is -1.99. The number of nitrogens with one attached hydrogen (secondary N) is 2. The van der Waals surface area contributed by atoms with Gasteiger partial charge in [0.05, 0.1) is 29.3 Å². The number of nitrogens with zero attached hydrogens (tertiary/aromatic N) is 2. The first-order valence-corrected chi connectivity index (χ1v) is 9.51. The van der Waals surface area contributed by atoms with Crippen LogP contribution in [0.1, 0.15) is 16.3 Å². The molecule has 4 rings (SSSR count). The molecular formula is C17H16N4O2S2. The Balaban J connectivity index is 1.60. The lowest BCUT2D eigenvalue weighted by atomic mass is 10.2. The van der Waals surface area contributed by atoms with Crippen molar-refractivity contribution < 1.29 is 4.74 Å². The first-order valence-electron chi connectivity index (χ1n) is 7.70. The van der Waals surface area contributed by atoms with Crippen LogP contribution in [0.5, 0.6) is 5.75 Å². The molecule has 8 heteroatoms. The van der Waals surface area contributed by atoms with Gasteiger partial charge in [-0.15, -0.1) is 11.3 Å². The molecule has 0 aliphatic carbocycles. The van der Waals surface area contributed by atoms with Crippen LogP contribution in [0.4, 0.5) is 0 Å². The minimum Gasteiger partial charge on any atom is -0.497 e. The number of aromatic nitrogens is 4. The molecule has 0 spiro atoms. The lowest BCUT2D eigenvalue weighted by molar-refractivity contribution is 0.415. The summed E-state index contributed by atoms with van der Waals surface area (Å²) in [5.74, 6) is 1.98. The summed E-state index contributed by atoms with van der Waals surface area (Å²) in [5, 5.41) is 1.48. The zero-order chi connectivity index (χ0) is 17.6. The second-order valence-electron chi connectivity index (χ2n) is 5.69. The number of imidazole rings is 1. The summed E-state index contributed by atoms with van der Waals surface area (Å²) in [5.41, 5.74) is 2.74. The van der Waals surface area contributed by atoms with E-state index in [4.69, 9.17) is 4.74 Å². The van der Waals surface area contributed by atoms with E-state index in [9.17, 15) is 4.79 Å². The molecule has 0 amide bonds. The predicted molar refractivity (Wildman–Crippen MR) is 102 cm³/mol. The number of thiophene rings is 1. The largest absolute Gasteiger partial charge is 0.497 e. The van der Waals surface area contributed by atoms with Crippen LogP contribution in [-0.4, -0.2) is 27.0 Å². The number of hydrogen-bond acceptors (Lipinski definition) is 6. The standard InChI is InChI=1S/C17H16N4O2S2/c1-8-9(2)25-16-14(8)15(22)20-13(21-16)7-24-17-18-11-5-4-10(23-3)6-12(11)19-17/h4-6H,7H2,1-3H3,(H,18,19)(H,20,21,22). The Hall–Kier alpha value is -2.32. The summed E-state index contributed by atoms with van der Waals surface area (Å²) < 4.78 is 5.22. The molecular weight excluding hydrogens is 356 g/mol. The van der Waals surface area contributed by atoms with Gasteiger partial charge in [0.1, 0.15) is 16.4 Å². The average molecular weight is 372 g/mol. The summed E-state index contributed by atoms with van der Waals surface area (Å²) in [6.45, 7) is 3.97. The number of fused-ring (bicyclic) bond motifs is 2. The van der Waals surface area contributed by atoms with Gasteiger partial charge in [-0.3, -0.25) is 4.79 Å². The molecule has 1 aromatic carbocycles. The van der Waals surface area contributed by atoms with Gasteiger partial charge in [0.2, 0.25) is 0 Å². The minimum atomic E-state index is -0.0724. The normalized spacial score (nSPS) is 11.5. The Labute approximate surface area is 151 Å². The zero-order valence-corrected chi connectivity index (χ0v) is 15.6. The van der Waals surface area contributed by atoms with E-state index in [2.05, 4.69) is 19.9 Å². The highest BCUT2D eigenvalue weighted by molar-refractivity contribution is 7.98. The van der Waals surface area contributed by atoms with E-state index in [0.717, 1.165) is 37.2 Å².